The summed E-state index contributed by atoms with van der Waals surface area (Å²) >= 11 is 0. The van der Waals surface area contributed by atoms with Crippen molar-refractivity contribution in [1.29, 1.82) is 0 Å². The van der Waals surface area contributed by atoms with Crippen LogP contribution in [0, 0.1) is 0 Å². The Bertz CT molecular complexity index is 132. The summed E-state index contributed by atoms with van der Waals surface area (Å²) < 4.78 is 25.7. The van der Waals surface area contributed by atoms with Crippen molar-refractivity contribution >= 4 is 0 Å². The van der Waals surface area contributed by atoms with E-state index in [0.717, 1.165) is 0 Å². The van der Waals surface area contributed by atoms with Crippen LogP contribution in [-0.2, 0) is 23.7 Å². The average Bonchev–Trinajstić information content (AvgIpc) is 2.31. The summed E-state index contributed by atoms with van der Waals surface area (Å²) in [6, 6.07) is 0. The lowest BCUT2D eigenvalue weighted by Crippen LogP contribution is -2.17. The molecule has 1 atom stereocenters. The molecule has 0 bridgehead atoms. The molecule has 0 aliphatic heterocycles. The summed E-state index contributed by atoms with van der Waals surface area (Å²) in [7, 11) is 3.32. The van der Waals surface area contributed by atoms with Crippen LogP contribution >= 0.6 is 0 Å². The van der Waals surface area contributed by atoms with E-state index in [1.54, 1.807) is 14.2 Å². The average molecular weight is 236 g/mol. The molecule has 0 spiro atoms. The third-order valence-electron chi connectivity index (χ3n) is 1.93. The standard InChI is InChI=1S/C11H24O5/c1-11(13-3)10-16-9-8-15-7-6-14-5-4-12-2/h11H,4-10H2,1-3H3. The Labute approximate surface area is 98.0 Å². The fourth-order valence-corrected chi connectivity index (χ4v) is 0.899. The third kappa shape index (κ3) is 11.9. The summed E-state index contributed by atoms with van der Waals surface area (Å²) in [5, 5.41) is 0. The highest BCUT2D eigenvalue weighted by molar-refractivity contribution is 4.44. The summed E-state index contributed by atoms with van der Waals surface area (Å²) in [5.74, 6) is 0. The van der Waals surface area contributed by atoms with Crippen LogP contribution in [0.5, 0.6) is 0 Å². The van der Waals surface area contributed by atoms with Gasteiger partial charge in [-0.15, -0.1) is 0 Å². The Morgan fingerprint density at radius 2 is 1.25 bits per heavy atom. The fraction of sp³-hybridized carbons (Fsp3) is 1.00. The highest BCUT2D eigenvalue weighted by Crippen LogP contribution is 1.89. The van der Waals surface area contributed by atoms with E-state index in [4.69, 9.17) is 23.7 Å². The Morgan fingerprint density at radius 1 is 0.750 bits per heavy atom. The summed E-state index contributed by atoms with van der Waals surface area (Å²) in [6.45, 7) is 6.16. The van der Waals surface area contributed by atoms with Gasteiger partial charge in [0.25, 0.3) is 0 Å². The van der Waals surface area contributed by atoms with Crippen LogP contribution in [0.3, 0.4) is 0 Å². The normalized spacial score (nSPS) is 12.9. The molecular weight excluding hydrogens is 212 g/mol. The lowest BCUT2D eigenvalue weighted by Gasteiger charge is -2.10. The first kappa shape index (κ1) is 15.8. The molecule has 98 valence electrons. The number of methoxy groups -OCH3 is 2. The maximum absolute atomic E-state index is 5.32. The van der Waals surface area contributed by atoms with E-state index in [1.165, 1.54) is 0 Å². The number of hydrogen-bond acceptors (Lipinski definition) is 5. The van der Waals surface area contributed by atoms with Gasteiger partial charge in [0, 0.05) is 14.2 Å². The van der Waals surface area contributed by atoms with E-state index >= 15 is 0 Å². The van der Waals surface area contributed by atoms with Crippen LogP contribution < -0.4 is 0 Å². The maximum atomic E-state index is 5.32. The maximum Gasteiger partial charge on any atom is 0.0776 e. The fourth-order valence-electron chi connectivity index (χ4n) is 0.899. The second kappa shape index (κ2) is 12.9. The summed E-state index contributed by atoms with van der Waals surface area (Å²) in [4.78, 5) is 0. The second-order valence-corrected chi connectivity index (χ2v) is 3.34. The third-order valence-corrected chi connectivity index (χ3v) is 1.93. The van der Waals surface area contributed by atoms with Crippen molar-refractivity contribution in [3.05, 3.63) is 0 Å². The highest BCUT2D eigenvalue weighted by Gasteiger charge is 1.98. The zero-order chi connectivity index (χ0) is 12.1. The predicted octanol–water partition coefficient (Wildman–Crippen LogP) is 0.717. The molecule has 0 aliphatic carbocycles. The van der Waals surface area contributed by atoms with Crippen LogP contribution in [0.25, 0.3) is 0 Å². The molecule has 0 saturated heterocycles. The summed E-state index contributed by atoms with van der Waals surface area (Å²) in [5.41, 5.74) is 0. The number of rotatable bonds is 12. The first-order valence-electron chi connectivity index (χ1n) is 5.56. The first-order valence-corrected chi connectivity index (χ1v) is 5.56. The number of ether oxygens (including phenoxy) is 5. The molecule has 0 heterocycles. The van der Waals surface area contributed by atoms with Crippen molar-refractivity contribution in [3.63, 3.8) is 0 Å². The van der Waals surface area contributed by atoms with E-state index in [2.05, 4.69) is 0 Å². The van der Waals surface area contributed by atoms with Gasteiger partial charge in [-0.1, -0.05) is 0 Å². The molecule has 0 amide bonds. The van der Waals surface area contributed by atoms with Crippen LogP contribution in [0.2, 0.25) is 0 Å². The van der Waals surface area contributed by atoms with Gasteiger partial charge in [0.15, 0.2) is 0 Å². The quantitative estimate of drug-likeness (QED) is 0.467. The lowest BCUT2D eigenvalue weighted by molar-refractivity contribution is -0.0198. The summed E-state index contributed by atoms with van der Waals surface area (Å²) in [6.07, 6.45) is 0.136. The van der Waals surface area contributed by atoms with Crippen molar-refractivity contribution in [3.8, 4) is 0 Å². The monoisotopic (exact) mass is 236 g/mol. The van der Waals surface area contributed by atoms with Crippen molar-refractivity contribution in [2.75, 3.05) is 60.5 Å². The topological polar surface area (TPSA) is 46.2 Å². The first-order chi connectivity index (χ1) is 7.81. The minimum Gasteiger partial charge on any atom is -0.382 e. The van der Waals surface area contributed by atoms with Gasteiger partial charge in [0.2, 0.25) is 0 Å². The smallest absolute Gasteiger partial charge is 0.0776 e. The van der Waals surface area contributed by atoms with Crippen molar-refractivity contribution in [1.82, 2.24) is 0 Å². The Balaban J connectivity index is 2.93. The molecule has 0 aliphatic rings. The molecule has 5 nitrogen and oxygen atoms in total. The molecule has 0 rings (SSSR count). The molecule has 0 saturated carbocycles. The van der Waals surface area contributed by atoms with Crippen LogP contribution in [0.1, 0.15) is 6.92 Å². The van der Waals surface area contributed by atoms with Gasteiger partial charge in [-0.3, -0.25) is 0 Å². The minimum atomic E-state index is 0.136. The van der Waals surface area contributed by atoms with Gasteiger partial charge in [-0.05, 0) is 6.92 Å². The second-order valence-electron chi connectivity index (χ2n) is 3.34. The Hall–Kier alpha value is -0.200. The highest BCUT2D eigenvalue weighted by atomic mass is 16.6. The van der Waals surface area contributed by atoms with Crippen molar-refractivity contribution < 1.29 is 23.7 Å². The van der Waals surface area contributed by atoms with Crippen LogP contribution in [-0.4, -0.2) is 66.6 Å². The van der Waals surface area contributed by atoms with Gasteiger partial charge in [-0.2, -0.15) is 0 Å². The predicted molar refractivity (Wildman–Crippen MR) is 60.8 cm³/mol. The molecular formula is C11H24O5. The van der Waals surface area contributed by atoms with Gasteiger partial charge < -0.3 is 23.7 Å². The van der Waals surface area contributed by atoms with Crippen LogP contribution in [0.15, 0.2) is 0 Å². The van der Waals surface area contributed by atoms with Crippen molar-refractivity contribution in [2.45, 2.75) is 13.0 Å². The van der Waals surface area contributed by atoms with Gasteiger partial charge in [0.05, 0.1) is 52.4 Å². The van der Waals surface area contributed by atoms with Gasteiger partial charge in [0.1, 0.15) is 0 Å². The molecule has 0 radical (unpaired) electrons. The van der Waals surface area contributed by atoms with Crippen LogP contribution in [0.4, 0.5) is 0 Å². The number of hydrogen-bond donors (Lipinski definition) is 0. The van der Waals surface area contributed by atoms with E-state index in [-0.39, 0.29) is 6.10 Å². The molecule has 0 N–H and O–H groups in total. The molecule has 5 heteroatoms. The molecule has 0 fully saturated rings. The SMILES string of the molecule is COCCOCCOCCOCC(C)OC. The van der Waals surface area contributed by atoms with Gasteiger partial charge in [-0.25, -0.2) is 0 Å². The molecule has 1 unspecified atom stereocenters. The lowest BCUT2D eigenvalue weighted by atomic mass is 10.4. The Morgan fingerprint density at radius 3 is 1.75 bits per heavy atom. The zero-order valence-corrected chi connectivity index (χ0v) is 10.6. The van der Waals surface area contributed by atoms with E-state index in [0.29, 0.717) is 46.2 Å². The zero-order valence-electron chi connectivity index (χ0n) is 10.6. The van der Waals surface area contributed by atoms with Gasteiger partial charge >= 0.3 is 0 Å². The van der Waals surface area contributed by atoms with Crippen molar-refractivity contribution in [2.24, 2.45) is 0 Å². The molecule has 16 heavy (non-hydrogen) atoms. The largest absolute Gasteiger partial charge is 0.382 e. The van der Waals surface area contributed by atoms with E-state index in [1.807, 2.05) is 6.92 Å². The van der Waals surface area contributed by atoms with E-state index in [9.17, 15) is 0 Å². The minimum absolute atomic E-state index is 0.136. The molecule has 0 aromatic heterocycles. The molecule has 0 aromatic carbocycles. The molecule has 0 aromatic rings. The van der Waals surface area contributed by atoms with E-state index < -0.39 is 0 Å². The Kier molecular flexibility index (Phi) is 12.7.